The topological polar surface area (TPSA) is 96.5 Å². The minimum absolute atomic E-state index is 0.0594. The number of nitrogens with zero attached hydrogens (tertiary/aromatic N) is 6. The van der Waals surface area contributed by atoms with Crippen molar-refractivity contribution >= 4 is 28.6 Å². The van der Waals surface area contributed by atoms with Crippen LogP contribution >= 0.6 is 0 Å². The highest BCUT2D eigenvalue weighted by molar-refractivity contribution is 6.01. The van der Waals surface area contributed by atoms with Gasteiger partial charge in [-0.25, -0.2) is 14.5 Å². The summed E-state index contributed by atoms with van der Waals surface area (Å²) in [6.07, 6.45) is 3.99. The van der Waals surface area contributed by atoms with Gasteiger partial charge in [-0.1, -0.05) is 30.3 Å². The summed E-state index contributed by atoms with van der Waals surface area (Å²) in [5.74, 6) is -0.113. The molecule has 0 atom stereocenters. The van der Waals surface area contributed by atoms with Crippen molar-refractivity contribution in [3.63, 3.8) is 0 Å². The number of benzene rings is 1. The molecule has 5 rings (SSSR count). The molecule has 1 saturated heterocycles. The zero-order valence-corrected chi connectivity index (χ0v) is 18.4. The van der Waals surface area contributed by atoms with Crippen LogP contribution in [0.4, 0.5) is 5.95 Å². The number of aryl methyl sites for hydroxylation is 2. The number of fused-ring (bicyclic) bond motifs is 3. The average molecular weight is 431 g/mol. The summed E-state index contributed by atoms with van der Waals surface area (Å²) >= 11 is 0. The van der Waals surface area contributed by atoms with Gasteiger partial charge in [0.05, 0.1) is 11.1 Å². The molecule has 1 aliphatic rings. The van der Waals surface area contributed by atoms with Gasteiger partial charge in [0, 0.05) is 36.5 Å². The van der Waals surface area contributed by atoms with Gasteiger partial charge in [0.1, 0.15) is 0 Å². The van der Waals surface area contributed by atoms with E-state index < -0.39 is 5.97 Å². The summed E-state index contributed by atoms with van der Waals surface area (Å²) in [5, 5.41) is 14.8. The molecule has 164 valence electrons. The van der Waals surface area contributed by atoms with E-state index in [1.165, 1.54) is 6.42 Å². The third-order valence-electron chi connectivity index (χ3n) is 6.24. The molecule has 4 heterocycles. The normalized spacial score (nSPS) is 14.4. The van der Waals surface area contributed by atoms with Crippen LogP contribution in [0.3, 0.4) is 0 Å². The van der Waals surface area contributed by atoms with Gasteiger partial charge in [0.2, 0.25) is 5.95 Å². The Morgan fingerprint density at radius 2 is 1.78 bits per heavy atom. The van der Waals surface area contributed by atoms with Gasteiger partial charge in [-0.3, -0.25) is 4.79 Å². The fourth-order valence-electron chi connectivity index (χ4n) is 4.55. The molecule has 8 heteroatoms. The third-order valence-corrected chi connectivity index (χ3v) is 6.24. The standard InChI is InChI=1S/C24H26N6O2/c1-15-18(11-12-19(31)32)16(2)30-23(25-15)20-21(17-9-5-3-6-10-17)26-24(27-22(20)28-30)29-13-7-4-8-14-29/h3,5-6,9-10H,4,7-8,11-14H2,1-2H3,(H,31,32). The maximum absolute atomic E-state index is 11.1. The zero-order valence-electron chi connectivity index (χ0n) is 18.4. The van der Waals surface area contributed by atoms with Crippen molar-refractivity contribution in [1.82, 2.24) is 24.6 Å². The van der Waals surface area contributed by atoms with Crippen LogP contribution in [0.2, 0.25) is 0 Å². The van der Waals surface area contributed by atoms with Crippen molar-refractivity contribution in [1.29, 1.82) is 0 Å². The maximum Gasteiger partial charge on any atom is 0.303 e. The van der Waals surface area contributed by atoms with E-state index in [1.54, 1.807) is 4.52 Å². The van der Waals surface area contributed by atoms with Crippen LogP contribution in [0.25, 0.3) is 27.9 Å². The molecule has 1 fully saturated rings. The van der Waals surface area contributed by atoms with Gasteiger partial charge in [-0.05, 0) is 45.1 Å². The van der Waals surface area contributed by atoms with E-state index in [1.807, 2.05) is 44.2 Å². The quantitative estimate of drug-likeness (QED) is 0.512. The molecule has 32 heavy (non-hydrogen) atoms. The number of hydrogen-bond donors (Lipinski definition) is 1. The fraction of sp³-hybridized carbons (Fsp3) is 0.375. The molecule has 0 amide bonds. The first-order valence-electron chi connectivity index (χ1n) is 11.1. The minimum Gasteiger partial charge on any atom is -0.481 e. The summed E-state index contributed by atoms with van der Waals surface area (Å²) in [4.78, 5) is 28.1. The first-order chi connectivity index (χ1) is 15.5. The SMILES string of the molecule is Cc1nc2c3c(-c4ccccc4)nc(N4CCCCC4)nc3nn2c(C)c1CCC(=O)O. The molecule has 3 aromatic heterocycles. The number of aromatic nitrogens is 5. The summed E-state index contributed by atoms with van der Waals surface area (Å²) in [6, 6.07) is 10.1. The molecule has 8 nitrogen and oxygen atoms in total. The molecule has 0 spiro atoms. The number of carboxylic acid groups (broad SMARTS) is 1. The second-order valence-corrected chi connectivity index (χ2v) is 8.37. The largest absolute Gasteiger partial charge is 0.481 e. The molecular weight excluding hydrogens is 404 g/mol. The Kier molecular flexibility index (Phi) is 5.20. The van der Waals surface area contributed by atoms with Crippen LogP contribution in [-0.4, -0.2) is 48.7 Å². The summed E-state index contributed by atoms with van der Waals surface area (Å²) in [5.41, 5.74) is 5.78. The molecule has 1 N–H and O–H groups in total. The van der Waals surface area contributed by atoms with Crippen LogP contribution in [0.5, 0.6) is 0 Å². The van der Waals surface area contributed by atoms with E-state index in [0.717, 1.165) is 59.5 Å². The van der Waals surface area contributed by atoms with Crippen LogP contribution < -0.4 is 4.90 Å². The van der Waals surface area contributed by atoms with Crippen molar-refractivity contribution in [2.24, 2.45) is 0 Å². The predicted octanol–water partition coefficient (Wildman–Crippen LogP) is 3.96. The zero-order chi connectivity index (χ0) is 22.2. The average Bonchev–Trinajstić information content (AvgIpc) is 3.18. The van der Waals surface area contributed by atoms with Gasteiger partial charge in [0.25, 0.3) is 0 Å². The van der Waals surface area contributed by atoms with E-state index in [0.29, 0.717) is 23.7 Å². The van der Waals surface area contributed by atoms with E-state index in [9.17, 15) is 4.79 Å². The second-order valence-electron chi connectivity index (χ2n) is 8.37. The van der Waals surface area contributed by atoms with Gasteiger partial charge < -0.3 is 10.0 Å². The molecule has 0 radical (unpaired) electrons. The minimum atomic E-state index is -0.821. The van der Waals surface area contributed by atoms with Gasteiger partial charge in [-0.2, -0.15) is 4.98 Å². The lowest BCUT2D eigenvalue weighted by atomic mass is 10.1. The molecule has 4 aromatic rings. The fourth-order valence-corrected chi connectivity index (χ4v) is 4.55. The molecule has 1 aromatic carbocycles. The number of carboxylic acids is 1. The Morgan fingerprint density at radius 1 is 1.03 bits per heavy atom. The molecule has 0 aliphatic carbocycles. The number of piperidine rings is 1. The highest BCUT2D eigenvalue weighted by atomic mass is 16.4. The Hall–Kier alpha value is -3.55. The van der Waals surface area contributed by atoms with Gasteiger partial charge in [0.15, 0.2) is 11.3 Å². The molecule has 0 saturated carbocycles. The molecule has 0 unspecified atom stereocenters. The number of rotatable bonds is 5. The number of anilines is 1. The van der Waals surface area contributed by atoms with Crippen molar-refractivity contribution in [3.8, 4) is 11.3 Å². The molecular formula is C24H26N6O2. The molecule has 0 bridgehead atoms. The second kappa shape index (κ2) is 8.18. The Balaban J connectivity index is 1.76. The van der Waals surface area contributed by atoms with Crippen molar-refractivity contribution in [2.75, 3.05) is 18.0 Å². The lowest BCUT2D eigenvalue weighted by Crippen LogP contribution is -2.31. The highest BCUT2D eigenvalue weighted by Crippen LogP contribution is 2.32. The number of carbonyl (C=O) groups is 1. The smallest absolute Gasteiger partial charge is 0.303 e. The van der Waals surface area contributed by atoms with Crippen molar-refractivity contribution in [3.05, 3.63) is 47.3 Å². The highest BCUT2D eigenvalue weighted by Gasteiger charge is 2.23. The maximum atomic E-state index is 11.1. The first-order valence-corrected chi connectivity index (χ1v) is 11.1. The Morgan fingerprint density at radius 3 is 2.50 bits per heavy atom. The van der Waals surface area contributed by atoms with E-state index in [-0.39, 0.29) is 6.42 Å². The number of aliphatic carboxylic acids is 1. The molecule has 1 aliphatic heterocycles. The monoisotopic (exact) mass is 430 g/mol. The van der Waals surface area contributed by atoms with Crippen molar-refractivity contribution < 1.29 is 9.90 Å². The summed E-state index contributed by atoms with van der Waals surface area (Å²) < 4.78 is 1.80. The van der Waals surface area contributed by atoms with E-state index in [4.69, 9.17) is 25.2 Å². The van der Waals surface area contributed by atoms with E-state index >= 15 is 0 Å². The Labute approximate surface area is 185 Å². The van der Waals surface area contributed by atoms with E-state index in [2.05, 4.69) is 4.90 Å². The lowest BCUT2D eigenvalue weighted by Gasteiger charge is -2.26. The number of hydrogen-bond acceptors (Lipinski definition) is 6. The Bertz CT molecular complexity index is 1310. The van der Waals surface area contributed by atoms with Crippen LogP contribution in [-0.2, 0) is 11.2 Å². The van der Waals surface area contributed by atoms with Crippen LogP contribution in [0, 0.1) is 13.8 Å². The van der Waals surface area contributed by atoms with Gasteiger partial charge >= 0.3 is 5.97 Å². The van der Waals surface area contributed by atoms with Crippen molar-refractivity contribution in [2.45, 2.75) is 46.0 Å². The third kappa shape index (κ3) is 3.55. The first kappa shape index (κ1) is 20.4. The summed E-state index contributed by atoms with van der Waals surface area (Å²) in [6.45, 7) is 5.78. The van der Waals surface area contributed by atoms with Gasteiger partial charge in [-0.15, -0.1) is 5.10 Å². The predicted molar refractivity (Wildman–Crippen MR) is 123 cm³/mol. The summed E-state index contributed by atoms with van der Waals surface area (Å²) in [7, 11) is 0. The lowest BCUT2D eigenvalue weighted by molar-refractivity contribution is -0.136. The van der Waals surface area contributed by atoms with Crippen LogP contribution in [0.15, 0.2) is 30.3 Å². The van der Waals surface area contributed by atoms with Crippen LogP contribution in [0.1, 0.15) is 42.6 Å².